The van der Waals surface area contributed by atoms with Crippen LogP contribution in [0, 0.1) is 13.8 Å². The average molecular weight is 329 g/mol. The Labute approximate surface area is 137 Å². The lowest BCUT2D eigenvalue weighted by Gasteiger charge is -2.00. The SMILES string of the molecule is Cc1nc(NC(=O)c2cc(OCc3ccccc3)no2)sc1C. The van der Waals surface area contributed by atoms with Crippen LogP contribution in [-0.2, 0) is 6.61 Å². The maximum Gasteiger partial charge on any atom is 0.296 e. The molecule has 0 radical (unpaired) electrons. The molecule has 6 nitrogen and oxygen atoms in total. The molecule has 0 saturated heterocycles. The molecule has 0 bridgehead atoms. The van der Waals surface area contributed by atoms with Gasteiger partial charge >= 0.3 is 0 Å². The molecule has 0 spiro atoms. The predicted molar refractivity (Wildman–Crippen MR) is 86.8 cm³/mol. The Balaban J connectivity index is 1.61. The summed E-state index contributed by atoms with van der Waals surface area (Å²) in [6.45, 7) is 4.21. The molecule has 0 atom stereocenters. The van der Waals surface area contributed by atoms with E-state index >= 15 is 0 Å². The first-order valence-electron chi connectivity index (χ1n) is 7.00. The summed E-state index contributed by atoms with van der Waals surface area (Å²) in [5.74, 6) is -0.0510. The Morgan fingerprint density at radius 2 is 2.09 bits per heavy atom. The number of amides is 1. The lowest BCUT2D eigenvalue weighted by molar-refractivity contribution is 0.0987. The van der Waals surface area contributed by atoms with Gasteiger partial charge in [0, 0.05) is 4.88 Å². The first-order chi connectivity index (χ1) is 11.1. The van der Waals surface area contributed by atoms with Gasteiger partial charge in [0.25, 0.3) is 11.8 Å². The van der Waals surface area contributed by atoms with Gasteiger partial charge in [0.15, 0.2) is 5.13 Å². The zero-order valence-electron chi connectivity index (χ0n) is 12.7. The lowest BCUT2D eigenvalue weighted by atomic mass is 10.2. The van der Waals surface area contributed by atoms with Crippen LogP contribution in [0.2, 0.25) is 0 Å². The highest BCUT2D eigenvalue weighted by Crippen LogP contribution is 2.22. The van der Waals surface area contributed by atoms with Crippen molar-refractivity contribution < 1.29 is 14.1 Å². The van der Waals surface area contributed by atoms with Crippen LogP contribution in [-0.4, -0.2) is 16.0 Å². The summed E-state index contributed by atoms with van der Waals surface area (Å²) in [6, 6.07) is 11.1. The van der Waals surface area contributed by atoms with Crippen molar-refractivity contribution >= 4 is 22.4 Å². The van der Waals surface area contributed by atoms with Gasteiger partial charge in [0.05, 0.1) is 11.8 Å². The maximum atomic E-state index is 12.1. The monoisotopic (exact) mass is 329 g/mol. The molecule has 0 unspecified atom stereocenters. The summed E-state index contributed by atoms with van der Waals surface area (Å²) in [5.41, 5.74) is 1.91. The van der Waals surface area contributed by atoms with Crippen LogP contribution in [0.5, 0.6) is 5.88 Å². The Morgan fingerprint density at radius 1 is 1.30 bits per heavy atom. The van der Waals surface area contributed by atoms with E-state index < -0.39 is 5.91 Å². The zero-order valence-corrected chi connectivity index (χ0v) is 13.5. The fourth-order valence-corrected chi connectivity index (χ4v) is 2.66. The summed E-state index contributed by atoms with van der Waals surface area (Å²) >= 11 is 1.42. The Hall–Kier alpha value is -2.67. The molecule has 0 fully saturated rings. The van der Waals surface area contributed by atoms with E-state index in [1.807, 2.05) is 44.2 Å². The normalized spacial score (nSPS) is 10.5. The topological polar surface area (TPSA) is 77.2 Å². The number of ether oxygens (including phenoxy) is 1. The molecule has 0 aliphatic rings. The summed E-state index contributed by atoms with van der Waals surface area (Å²) < 4.78 is 10.5. The molecule has 0 saturated carbocycles. The summed E-state index contributed by atoms with van der Waals surface area (Å²) in [6.07, 6.45) is 0. The number of nitrogens with zero attached hydrogens (tertiary/aromatic N) is 2. The summed E-state index contributed by atoms with van der Waals surface area (Å²) in [4.78, 5) is 17.4. The van der Waals surface area contributed by atoms with Crippen molar-refractivity contribution in [3.8, 4) is 5.88 Å². The minimum atomic E-state index is -0.402. The first-order valence-corrected chi connectivity index (χ1v) is 7.82. The highest BCUT2D eigenvalue weighted by molar-refractivity contribution is 7.15. The number of nitrogens with one attached hydrogen (secondary N) is 1. The molecule has 7 heteroatoms. The fourth-order valence-electron chi connectivity index (χ4n) is 1.85. The van der Waals surface area contributed by atoms with Crippen LogP contribution >= 0.6 is 11.3 Å². The van der Waals surface area contributed by atoms with Crippen LogP contribution < -0.4 is 10.1 Å². The molecule has 1 amide bonds. The number of thiazole rings is 1. The number of hydrogen-bond acceptors (Lipinski definition) is 6. The second-order valence-electron chi connectivity index (χ2n) is 4.92. The number of carbonyl (C=O) groups excluding carboxylic acids is 1. The molecule has 3 rings (SSSR count). The van der Waals surface area contributed by atoms with Crippen LogP contribution in [0.4, 0.5) is 5.13 Å². The van der Waals surface area contributed by atoms with Gasteiger partial charge in [-0.3, -0.25) is 10.1 Å². The first kappa shape index (κ1) is 15.2. The third-order valence-corrected chi connectivity index (χ3v) is 4.18. The molecule has 3 aromatic rings. The third kappa shape index (κ3) is 3.75. The molecule has 0 aliphatic heterocycles. The zero-order chi connectivity index (χ0) is 16.2. The van der Waals surface area contributed by atoms with Crippen molar-refractivity contribution in [2.24, 2.45) is 0 Å². The molecule has 1 aromatic carbocycles. The van der Waals surface area contributed by atoms with Crippen LogP contribution in [0.25, 0.3) is 0 Å². The van der Waals surface area contributed by atoms with E-state index in [0.29, 0.717) is 11.7 Å². The van der Waals surface area contributed by atoms with E-state index in [1.165, 1.54) is 17.4 Å². The molecular weight excluding hydrogens is 314 g/mol. The maximum absolute atomic E-state index is 12.1. The fraction of sp³-hybridized carbons (Fsp3) is 0.188. The number of aryl methyl sites for hydroxylation is 2. The minimum absolute atomic E-state index is 0.0820. The van der Waals surface area contributed by atoms with Crippen LogP contribution in [0.15, 0.2) is 40.9 Å². The quantitative estimate of drug-likeness (QED) is 0.774. The number of benzene rings is 1. The van der Waals surface area contributed by atoms with Gasteiger partial charge in [-0.05, 0) is 24.6 Å². The lowest BCUT2D eigenvalue weighted by Crippen LogP contribution is -2.10. The van der Waals surface area contributed by atoms with Crippen molar-refractivity contribution in [2.45, 2.75) is 20.5 Å². The second-order valence-corrected chi connectivity index (χ2v) is 6.12. The van der Waals surface area contributed by atoms with Crippen molar-refractivity contribution in [3.63, 3.8) is 0 Å². The number of rotatable bonds is 5. The Morgan fingerprint density at radius 3 is 2.78 bits per heavy atom. The van der Waals surface area contributed by atoms with E-state index in [-0.39, 0.29) is 11.6 Å². The number of hydrogen-bond donors (Lipinski definition) is 1. The second kappa shape index (κ2) is 6.62. The highest BCUT2D eigenvalue weighted by atomic mass is 32.1. The van der Waals surface area contributed by atoms with Gasteiger partial charge < -0.3 is 9.26 Å². The van der Waals surface area contributed by atoms with E-state index in [9.17, 15) is 4.79 Å². The van der Waals surface area contributed by atoms with Gasteiger partial charge in [0.1, 0.15) is 6.61 Å². The van der Waals surface area contributed by atoms with Crippen molar-refractivity contribution in [1.82, 2.24) is 10.1 Å². The largest absolute Gasteiger partial charge is 0.471 e. The standard InChI is InChI=1S/C16H15N3O3S/c1-10-11(2)23-16(17-10)18-15(20)13-8-14(19-22-13)21-9-12-6-4-3-5-7-12/h3-8H,9H2,1-2H3,(H,17,18,20). The van der Waals surface area contributed by atoms with Crippen LogP contribution in [0.1, 0.15) is 26.7 Å². The Bertz CT molecular complexity index is 792. The smallest absolute Gasteiger partial charge is 0.296 e. The molecular formula is C16H15N3O3S. The third-order valence-electron chi connectivity index (χ3n) is 3.19. The molecule has 118 valence electrons. The average Bonchev–Trinajstić information content (AvgIpc) is 3.14. The molecule has 23 heavy (non-hydrogen) atoms. The van der Waals surface area contributed by atoms with Gasteiger partial charge in [-0.15, -0.1) is 11.3 Å². The molecule has 2 heterocycles. The van der Waals surface area contributed by atoms with E-state index in [4.69, 9.17) is 9.26 Å². The van der Waals surface area contributed by atoms with Crippen LogP contribution in [0.3, 0.4) is 0 Å². The summed E-state index contributed by atoms with van der Waals surface area (Å²) in [5, 5.41) is 6.96. The molecule has 0 aliphatic carbocycles. The summed E-state index contributed by atoms with van der Waals surface area (Å²) in [7, 11) is 0. The Kier molecular flexibility index (Phi) is 4.38. The van der Waals surface area contributed by atoms with Gasteiger partial charge in [-0.1, -0.05) is 30.3 Å². The van der Waals surface area contributed by atoms with E-state index in [2.05, 4.69) is 15.5 Å². The van der Waals surface area contributed by atoms with E-state index in [0.717, 1.165) is 16.1 Å². The van der Waals surface area contributed by atoms with E-state index in [1.54, 1.807) is 0 Å². The van der Waals surface area contributed by atoms with Crippen molar-refractivity contribution in [2.75, 3.05) is 5.32 Å². The predicted octanol–water partition coefficient (Wildman–Crippen LogP) is 3.58. The number of anilines is 1. The highest BCUT2D eigenvalue weighted by Gasteiger charge is 2.16. The molecule has 1 N–H and O–H groups in total. The number of aromatic nitrogens is 2. The van der Waals surface area contributed by atoms with Crippen molar-refractivity contribution in [1.29, 1.82) is 0 Å². The van der Waals surface area contributed by atoms with Gasteiger partial charge in [-0.25, -0.2) is 4.98 Å². The molecule has 2 aromatic heterocycles. The van der Waals surface area contributed by atoms with Gasteiger partial charge in [0.2, 0.25) is 5.76 Å². The minimum Gasteiger partial charge on any atom is -0.471 e. The number of carbonyl (C=O) groups is 1. The van der Waals surface area contributed by atoms with Crippen molar-refractivity contribution in [3.05, 3.63) is 58.3 Å². The van der Waals surface area contributed by atoms with Gasteiger partial charge in [-0.2, -0.15) is 0 Å².